The van der Waals surface area contributed by atoms with Crippen LogP contribution >= 0.6 is 15.9 Å². The molecule has 0 spiro atoms. The molecule has 1 aliphatic heterocycles. The highest BCUT2D eigenvalue weighted by atomic mass is 79.9. The predicted octanol–water partition coefficient (Wildman–Crippen LogP) is 9.67. The van der Waals surface area contributed by atoms with Crippen LogP contribution in [0.5, 0.6) is 11.5 Å². The molecule has 2 amide bonds. The van der Waals surface area contributed by atoms with Crippen LogP contribution in [0.25, 0.3) is 5.57 Å². The summed E-state index contributed by atoms with van der Waals surface area (Å²) in [5.74, 6) is -4.68. The maximum atomic E-state index is 15.3. The number of fused-ring (bicyclic) bond motifs is 4. The number of allylic oxidation sites excluding steroid dienone is 4. The average Bonchev–Trinajstić information content (AvgIpc) is 3.53. The van der Waals surface area contributed by atoms with Crippen molar-refractivity contribution in [2.75, 3.05) is 31.0 Å². The molecule has 2 fully saturated rings. The van der Waals surface area contributed by atoms with E-state index in [9.17, 15) is 14.7 Å². The van der Waals surface area contributed by atoms with Gasteiger partial charge in [0.25, 0.3) is 0 Å². The summed E-state index contributed by atoms with van der Waals surface area (Å²) in [5.41, 5.74) is 4.35. The molecule has 300 valence electrons. The molecular weight excluding hydrogens is 820 g/mol. The van der Waals surface area contributed by atoms with E-state index in [4.69, 9.17) is 4.74 Å². The number of anilines is 2. The highest BCUT2D eigenvalue weighted by Crippen LogP contribution is 2.64. The van der Waals surface area contributed by atoms with E-state index in [1.54, 1.807) is 36.4 Å². The van der Waals surface area contributed by atoms with Gasteiger partial charge in [0, 0.05) is 37.2 Å². The predicted molar refractivity (Wildman–Crippen MR) is 233 cm³/mol. The van der Waals surface area contributed by atoms with Crippen molar-refractivity contribution in [3.8, 4) is 11.5 Å². The number of aromatic hydroxyl groups is 1. The standard InChI is InChI=1S/C49H41BrN4O6/c1-53(2)33-18-14-31(15-19-33)51-52-32-16-20-34(21-17-32)54-47(58)36-23-22-35-38(43(36)48(54)59)26-39-45(56)37(28-10-6-4-7-11-28)27-42(55)49(39,30-12-8-5-9-13-30)44(35)29-24-40(50)46(57)41(25-29)60-3/h4-22,24-25,27,36,38-39,43-44,57H,23,26H2,1-3H3/t36-,38+,39-,43-,44-,49-/m0/s1. The lowest BCUT2D eigenvalue weighted by Gasteiger charge is -2.55. The average molecular weight is 862 g/mol. The molecule has 1 heterocycles. The zero-order valence-corrected chi connectivity index (χ0v) is 34.7. The molecule has 5 aromatic rings. The summed E-state index contributed by atoms with van der Waals surface area (Å²) >= 11 is 3.52. The van der Waals surface area contributed by atoms with E-state index >= 15 is 9.59 Å². The second-order valence-corrected chi connectivity index (χ2v) is 16.8. The lowest BCUT2D eigenvalue weighted by molar-refractivity contribution is -0.135. The molecule has 0 radical (unpaired) electrons. The maximum absolute atomic E-state index is 15.3. The number of benzene rings is 5. The lowest BCUT2D eigenvalue weighted by atomic mass is 9.44. The molecule has 0 aromatic heterocycles. The number of carbonyl (C=O) groups excluding carboxylic acids is 4. The number of methoxy groups -OCH3 is 1. The second kappa shape index (κ2) is 15.3. The van der Waals surface area contributed by atoms with Gasteiger partial charge in [0.15, 0.2) is 23.1 Å². The molecule has 1 saturated heterocycles. The Morgan fingerprint density at radius 3 is 2.07 bits per heavy atom. The molecule has 9 rings (SSSR count). The number of azo groups is 1. The summed E-state index contributed by atoms with van der Waals surface area (Å²) in [7, 11) is 5.39. The van der Waals surface area contributed by atoms with Gasteiger partial charge in [-0.05, 0) is 118 Å². The number of amides is 2. The number of hydrogen-bond donors (Lipinski definition) is 1. The molecule has 1 N–H and O–H groups in total. The van der Waals surface area contributed by atoms with Gasteiger partial charge in [-0.2, -0.15) is 10.2 Å². The quantitative estimate of drug-likeness (QED) is 0.0935. The van der Waals surface area contributed by atoms with Crippen LogP contribution in [0.4, 0.5) is 22.7 Å². The van der Waals surface area contributed by atoms with Gasteiger partial charge in [-0.25, -0.2) is 0 Å². The number of ether oxygens (including phenoxy) is 1. The third-order valence-electron chi connectivity index (χ3n) is 12.7. The van der Waals surface area contributed by atoms with Crippen LogP contribution in [-0.4, -0.2) is 49.7 Å². The highest BCUT2D eigenvalue weighted by Gasteiger charge is 2.66. The molecule has 10 nitrogen and oxygen atoms in total. The molecule has 6 atom stereocenters. The smallest absolute Gasteiger partial charge is 0.238 e. The van der Waals surface area contributed by atoms with Crippen LogP contribution in [0.15, 0.2) is 154 Å². The summed E-state index contributed by atoms with van der Waals surface area (Å²) in [4.78, 5) is 63.1. The van der Waals surface area contributed by atoms with Crippen molar-refractivity contribution in [1.82, 2.24) is 0 Å². The first kappa shape index (κ1) is 39.0. The first-order chi connectivity index (χ1) is 29.0. The molecule has 4 aliphatic rings. The van der Waals surface area contributed by atoms with Gasteiger partial charge in [-0.3, -0.25) is 24.1 Å². The number of hydrogen-bond acceptors (Lipinski definition) is 9. The fraction of sp³-hybridized carbons (Fsp3) is 0.224. The van der Waals surface area contributed by atoms with E-state index in [0.717, 1.165) is 11.3 Å². The maximum Gasteiger partial charge on any atom is 0.238 e. The highest BCUT2D eigenvalue weighted by molar-refractivity contribution is 9.10. The minimum Gasteiger partial charge on any atom is -0.503 e. The Balaban J connectivity index is 1.14. The topological polar surface area (TPSA) is 129 Å². The van der Waals surface area contributed by atoms with E-state index < -0.39 is 35.0 Å². The van der Waals surface area contributed by atoms with Crippen molar-refractivity contribution in [2.45, 2.75) is 24.2 Å². The largest absolute Gasteiger partial charge is 0.503 e. The Morgan fingerprint density at radius 2 is 1.43 bits per heavy atom. The van der Waals surface area contributed by atoms with Crippen molar-refractivity contribution in [2.24, 2.45) is 33.9 Å². The number of carbonyl (C=O) groups is 4. The molecule has 0 bridgehead atoms. The molecular formula is C49H41BrN4O6. The van der Waals surface area contributed by atoms with Crippen molar-refractivity contribution >= 4 is 67.6 Å². The SMILES string of the molecule is COc1cc([C@H]2C3=CC[C@@H]4C(=O)N(c5ccc(N=Nc6ccc(N(C)C)cc6)cc5)C(=O)[C@@H]4[C@@H]3C[C@H]3C(=O)C(c4ccccc4)=CC(=O)[C@@]23c2ccccc2)cc(Br)c1O. The van der Waals surface area contributed by atoms with Gasteiger partial charge in [0.05, 0.1) is 45.9 Å². The monoisotopic (exact) mass is 860 g/mol. The number of phenols is 1. The molecule has 0 unspecified atom stereocenters. The number of imide groups is 1. The van der Waals surface area contributed by atoms with Crippen LogP contribution in [0.2, 0.25) is 0 Å². The minimum absolute atomic E-state index is 0.104. The fourth-order valence-electron chi connectivity index (χ4n) is 10.0. The number of phenolic OH excluding ortho intramolecular Hbond substituents is 1. The van der Waals surface area contributed by atoms with E-state index in [-0.39, 0.29) is 47.7 Å². The first-order valence-electron chi connectivity index (χ1n) is 19.9. The van der Waals surface area contributed by atoms with E-state index in [0.29, 0.717) is 43.8 Å². The number of rotatable bonds is 8. The minimum atomic E-state index is -1.42. The van der Waals surface area contributed by atoms with Crippen molar-refractivity contribution in [3.63, 3.8) is 0 Å². The summed E-state index contributed by atoms with van der Waals surface area (Å²) in [6.45, 7) is 0. The molecule has 60 heavy (non-hydrogen) atoms. The van der Waals surface area contributed by atoms with Gasteiger partial charge >= 0.3 is 0 Å². The van der Waals surface area contributed by atoms with Crippen LogP contribution in [0.3, 0.4) is 0 Å². The zero-order chi connectivity index (χ0) is 41.9. The summed E-state index contributed by atoms with van der Waals surface area (Å²) in [6, 6.07) is 36.6. The lowest BCUT2D eigenvalue weighted by Crippen LogP contribution is -2.58. The van der Waals surface area contributed by atoms with E-state index in [2.05, 4.69) is 26.2 Å². The molecule has 1 saturated carbocycles. The summed E-state index contributed by atoms with van der Waals surface area (Å²) in [5, 5.41) is 19.7. The van der Waals surface area contributed by atoms with E-state index in [1.807, 2.05) is 110 Å². The first-order valence-corrected chi connectivity index (χ1v) is 20.7. The third kappa shape index (κ3) is 6.22. The Bertz CT molecular complexity index is 2640. The van der Waals surface area contributed by atoms with Crippen LogP contribution in [-0.2, 0) is 24.6 Å². The Morgan fingerprint density at radius 1 is 0.800 bits per heavy atom. The van der Waals surface area contributed by atoms with Crippen molar-refractivity contribution in [1.29, 1.82) is 0 Å². The van der Waals surface area contributed by atoms with E-state index in [1.165, 1.54) is 18.1 Å². The number of Topliss-reactive ketones (excluding diaryl/α,β-unsaturated/α-hetero) is 1. The van der Waals surface area contributed by atoms with Crippen LogP contribution in [0, 0.1) is 23.7 Å². The second-order valence-electron chi connectivity index (χ2n) is 16.0. The van der Waals surface area contributed by atoms with Crippen LogP contribution in [0.1, 0.15) is 35.4 Å². The van der Waals surface area contributed by atoms with Gasteiger partial charge in [-0.1, -0.05) is 72.3 Å². The number of ketones is 2. The van der Waals surface area contributed by atoms with Crippen molar-refractivity contribution < 1.29 is 29.0 Å². The van der Waals surface area contributed by atoms with Gasteiger partial charge < -0.3 is 14.7 Å². The Labute approximate surface area is 356 Å². The summed E-state index contributed by atoms with van der Waals surface area (Å²) in [6.07, 6.45) is 3.95. The summed E-state index contributed by atoms with van der Waals surface area (Å²) < 4.78 is 5.98. The normalized spacial score (nSPS) is 24.7. The van der Waals surface area contributed by atoms with Crippen LogP contribution < -0.4 is 14.5 Å². The van der Waals surface area contributed by atoms with Gasteiger partial charge in [0.1, 0.15) is 0 Å². The van der Waals surface area contributed by atoms with Gasteiger partial charge in [0.2, 0.25) is 11.8 Å². The Hall–Kier alpha value is -6.46. The Kier molecular flexibility index (Phi) is 9.94. The van der Waals surface area contributed by atoms with Gasteiger partial charge in [-0.15, -0.1) is 0 Å². The van der Waals surface area contributed by atoms with Crippen molar-refractivity contribution in [3.05, 3.63) is 160 Å². The zero-order valence-electron chi connectivity index (χ0n) is 33.2. The molecule has 5 aromatic carbocycles. The molecule has 3 aliphatic carbocycles. The number of halogens is 1. The third-order valence-corrected chi connectivity index (χ3v) is 13.3. The number of nitrogens with zero attached hydrogens (tertiary/aromatic N) is 4. The fourth-order valence-corrected chi connectivity index (χ4v) is 10.5. The molecule has 11 heteroatoms.